The van der Waals surface area contributed by atoms with Crippen LogP contribution in [0.1, 0.15) is 81.9 Å². The van der Waals surface area contributed by atoms with Crippen LogP contribution in [0.5, 0.6) is 0 Å². The monoisotopic (exact) mass is 842 g/mol. The third kappa shape index (κ3) is 6.34. The molecule has 0 heterocycles. The zero-order chi connectivity index (χ0) is 39.3. The van der Waals surface area contributed by atoms with Crippen LogP contribution in [0.2, 0.25) is 13.1 Å². The van der Waals surface area contributed by atoms with Gasteiger partial charge in [-0.1, -0.05) is 0 Å². The van der Waals surface area contributed by atoms with Gasteiger partial charge >= 0.3 is 355 Å². The third-order valence-electron chi connectivity index (χ3n) is 13.2. The average molecular weight is 844 g/mol. The van der Waals surface area contributed by atoms with E-state index in [2.05, 4.69) is 185 Å². The number of benzene rings is 8. The first kappa shape index (κ1) is 37.6. The molecular weight excluding hydrogens is 792 g/mol. The molecule has 0 saturated carbocycles. The molecule has 0 aromatic heterocycles. The summed E-state index contributed by atoms with van der Waals surface area (Å²) in [6, 6.07) is 55.8. The van der Waals surface area contributed by atoms with Crippen LogP contribution >= 0.6 is 0 Å². The van der Waals surface area contributed by atoms with Crippen molar-refractivity contribution in [1.82, 2.24) is 0 Å². The summed E-state index contributed by atoms with van der Waals surface area (Å²) in [4.78, 5) is 0. The maximum atomic E-state index is 2.72. The van der Waals surface area contributed by atoms with Gasteiger partial charge in [0, 0.05) is 0 Å². The fourth-order valence-corrected chi connectivity index (χ4v) is 31.1. The number of fused-ring (bicyclic) bond motifs is 6. The van der Waals surface area contributed by atoms with Crippen molar-refractivity contribution in [2.75, 3.05) is 0 Å². The summed E-state index contributed by atoms with van der Waals surface area (Å²) >= 11 is -2.41. The second kappa shape index (κ2) is 15.9. The van der Waals surface area contributed by atoms with E-state index in [4.69, 9.17) is 0 Å². The topological polar surface area (TPSA) is 0 Å². The van der Waals surface area contributed by atoms with Gasteiger partial charge in [-0.25, -0.2) is 0 Å². The molecule has 0 radical (unpaired) electrons. The van der Waals surface area contributed by atoms with Crippen LogP contribution in [0.4, 0.5) is 0 Å². The van der Waals surface area contributed by atoms with Crippen LogP contribution in [0.15, 0.2) is 157 Å². The van der Waals surface area contributed by atoms with Gasteiger partial charge in [0.05, 0.1) is 0 Å². The van der Waals surface area contributed by atoms with Crippen molar-refractivity contribution in [3.63, 3.8) is 0 Å². The Hall–Kier alpha value is -4.62. The van der Waals surface area contributed by atoms with Crippen molar-refractivity contribution in [3.05, 3.63) is 179 Å². The molecule has 2 aliphatic rings. The van der Waals surface area contributed by atoms with Gasteiger partial charge in [0.15, 0.2) is 0 Å². The fourth-order valence-electron chi connectivity index (χ4n) is 10.6. The van der Waals surface area contributed by atoms with E-state index in [0.29, 0.717) is 7.25 Å². The first-order chi connectivity index (χ1) is 28.6. The SMILES string of the molecule is CCCCC1=Cc2c(-c3c4ccccc4cc4ccccc34)cccc2[CH]1[Zr]([CH]1C(CCCC)=Cc2c(-c3c4ccccc4cc4ccccc34)cccc21)=[Si](C)C. The standard InChI is InChI=1S/2C27H23.C2H6Si.Zr/c2*1-2-3-9-19-16-20-12-8-15-25(26(20)17-19)27-23-13-6-4-10-21(23)18-22-11-5-7-14-24(22)27;1-3-2;/h2*4-8,10-18H,2-3,9H2,1H3;1-2H3;. The van der Waals surface area contributed by atoms with Crippen molar-refractivity contribution in [2.45, 2.75) is 72.7 Å². The molecule has 2 unspecified atom stereocenters. The summed E-state index contributed by atoms with van der Waals surface area (Å²) in [6.45, 7) is 10.2. The van der Waals surface area contributed by atoms with Crippen molar-refractivity contribution < 1.29 is 20.4 Å². The Balaban J connectivity index is 1.19. The van der Waals surface area contributed by atoms with Crippen LogP contribution in [-0.4, -0.2) is 5.43 Å². The Morgan fingerprint density at radius 2 is 0.810 bits per heavy atom. The Kier molecular flexibility index (Phi) is 10.3. The van der Waals surface area contributed by atoms with E-state index in [-0.39, 0.29) is 0 Å². The molecule has 8 aromatic carbocycles. The average Bonchev–Trinajstić information content (AvgIpc) is 3.81. The molecule has 0 saturated heterocycles. The summed E-state index contributed by atoms with van der Waals surface area (Å²) in [5.74, 6) is 0. The fraction of sp³-hybridized carbons (Fsp3) is 0.214. The first-order valence-electron chi connectivity index (χ1n) is 21.7. The van der Waals surface area contributed by atoms with E-state index < -0.39 is 25.8 Å². The van der Waals surface area contributed by atoms with Gasteiger partial charge < -0.3 is 0 Å². The third-order valence-corrected chi connectivity index (χ3v) is 32.7. The van der Waals surface area contributed by atoms with E-state index in [1.54, 1.807) is 22.3 Å². The Labute approximate surface area is 352 Å². The predicted octanol–water partition coefficient (Wildman–Crippen LogP) is 16.5. The molecule has 0 spiro atoms. The summed E-state index contributed by atoms with van der Waals surface area (Å²) in [6.07, 6.45) is 12.8. The Bertz CT molecular complexity index is 2700. The number of unbranched alkanes of at least 4 members (excludes halogenated alkanes) is 2. The van der Waals surface area contributed by atoms with Crippen molar-refractivity contribution >= 4 is 60.7 Å². The molecule has 284 valence electrons. The van der Waals surface area contributed by atoms with Gasteiger partial charge in [0.2, 0.25) is 0 Å². The van der Waals surface area contributed by atoms with Gasteiger partial charge in [0.1, 0.15) is 0 Å². The van der Waals surface area contributed by atoms with Crippen LogP contribution < -0.4 is 0 Å². The van der Waals surface area contributed by atoms with E-state index in [1.165, 1.54) is 115 Å². The summed E-state index contributed by atoms with van der Waals surface area (Å²) in [7, 11) is 0. The number of allylic oxidation sites excluding steroid dienone is 2. The van der Waals surface area contributed by atoms with Gasteiger partial charge in [-0.05, 0) is 0 Å². The van der Waals surface area contributed by atoms with E-state index in [0.717, 1.165) is 0 Å². The van der Waals surface area contributed by atoms with E-state index in [9.17, 15) is 0 Å². The summed E-state index contributed by atoms with van der Waals surface area (Å²) < 4.78 is 1.19. The molecular formula is C56H52SiZr. The Morgan fingerprint density at radius 3 is 1.16 bits per heavy atom. The zero-order valence-corrected chi connectivity index (χ0v) is 37.9. The van der Waals surface area contributed by atoms with Crippen molar-refractivity contribution in [2.24, 2.45) is 0 Å². The Morgan fingerprint density at radius 1 is 0.448 bits per heavy atom. The second-order valence-electron chi connectivity index (χ2n) is 17.0. The maximum absolute atomic E-state index is 2.72. The van der Waals surface area contributed by atoms with E-state index >= 15 is 0 Å². The molecule has 58 heavy (non-hydrogen) atoms. The minimum absolute atomic E-state index is 0.594. The minimum atomic E-state index is -2.41. The molecule has 2 aliphatic carbocycles. The van der Waals surface area contributed by atoms with Gasteiger partial charge in [-0.3, -0.25) is 0 Å². The molecule has 0 N–H and O–H groups in total. The van der Waals surface area contributed by atoms with Crippen LogP contribution in [0.3, 0.4) is 0 Å². The van der Waals surface area contributed by atoms with Crippen LogP contribution in [0, 0.1) is 0 Å². The van der Waals surface area contributed by atoms with Crippen molar-refractivity contribution in [1.29, 1.82) is 0 Å². The molecule has 0 aliphatic heterocycles. The van der Waals surface area contributed by atoms with E-state index in [1.807, 2.05) is 0 Å². The van der Waals surface area contributed by atoms with Gasteiger partial charge in [-0.2, -0.15) is 0 Å². The quantitative estimate of drug-likeness (QED) is 0.0950. The number of rotatable bonds is 10. The molecule has 0 bridgehead atoms. The van der Waals surface area contributed by atoms with Crippen molar-refractivity contribution in [3.8, 4) is 22.3 Å². The molecule has 2 heteroatoms. The van der Waals surface area contributed by atoms with Gasteiger partial charge in [0.25, 0.3) is 0 Å². The van der Waals surface area contributed by atoms with Gasteiger partial charge in [-0.15, -0.1) is 0 Å². The molecule has 10 rings (SSSR count). The summed E-state index contributed by atoms with van der Waals surface area (Å²) in [5.41, 5.74) is 14.8. The van der Waals surface area contributed by atoms with Crippen LogP contribution in [0.25, 0.3) is 77.5 Å². The zero-order valence-electron chi connectivity index (χ0n) is 34.4. The first-order valence-corrected chi connectivity index (χ1v) is 30.7. The molecule has 0 amide bonds. The molecule has 0 fully saturated rings. The summed E-state index contributed by atoms with van der Waals surface area (Å²) in [5, 5.41) is 10.7. The van der Waals surface area contributed by atoms with Crippen LogP contribution in [-0.2, 0) is 20.4 Å². The molecule has 8 aromatic rings. The predicted molar refractivity (Wildman–Crippen MR) is 252 cm³/mol. The second-order valence-corrected chi connectivity index (χ2v) is 34.8. The molecule has 0 nitrogen and oxygen atoms in total. The molecule has 2 atom stereocenters. The normalized spacial score (nSPS) is 15.9. The number of hydrogen-bond acceptors (Lipinski definition) is 0. The number of hydrogen-bond donors (Lipinski definition) is 0.